The van der Waals surface area contributed by atoms with E-state index in [1.807, 2.05) is 74.5 Å². The molecule has 0 radical (unpaired) electrons. The molecular weight excluding hydrogens is 400 g/mol. The number of hydrogen-bond donors (Lipinski definition) is 1. The van der Waals surface area contributed by atoms with Gasteiger partial charge in [-0.05, 0) is 37.1 Å². The van der Waals surface area contributed by atoms with Crippen LogP contribution in [-0.4, -0.2) is 27.1 Å². The zero-order valence-electron chi connectivity index (χ0n) is 19.3. The smallest absolute Gasteiger partial charge is 0.277 e. The zero-order valence-corrected chi connectivity index (χ0v) is 19.3. The van der Waals surface area contributed by atoms with E-state index in [0.29, 0.717) is 12.2 Å². The molecule has 2 aromatic carbocycles. The Bertz CT molecular complexity index is 1160. The van der Waals surface area contributed by atoms with Crippen LogP contribution in [0.15, 0.2) is 60.7 Å². The average molecular weight is 431 g/mol. The Balaban J connectivity index is 1.77. The maximum absolute atomic E-state index is 13.8. The lowest BCUT2D eigenvalue weighted by Gasteiger charge is -2.43. The molecule has 0 saturated heterocycles. The van der Waals surface area contributed by atoms with Crippen molar-refractivity contribution >= 4 is 17.5 Å². The van der Waals surface area contributed by atoms with Gasteiger partial charge in [0.1, 0.15) is 11.2 Å². The van der Waals surface area contributed by atoms with Crippen LogP contribution >= 0.6 is 0 Å². The van der Waals surface area contributed by atoms with Gasteiger partial charge in [0.2, 0.25) is 5.91 Å². The summed E-state index contributed by atoms with van der Waals surface area (Å²) in [4.78, 5) is 29.0. The molecule has 1 aliphatic heterocycles. The summed E-state index contributed by atoms with van der Waals surface area (Å²) in [5, 5.41) is 7.75. The molecule has 1 aromatic heterocycles. The van der Waals surface area contributed by atoms with Crippen LogP contribution in [0, 0.1) is 6.92 Å². The Hall–Kier alpha value is -3.41. The third-order valence-corrected chi connectivity index (χ3v) is 6.06. The molecule has 1 unspecified atom stereocenters. The summed E-state index contributed by atoms with van der Waals surface area (Å²) in [7, 11) is 0. The summed E-state index contributed by atoms with van der Waals surface area (Å²) >= 11 is 0. The number of anilines is 1. The van der Waals surface area contributed by atoms with Crippen LogP contribution in [0.4, 0.5) is 5.69 Å². The molecule has 4 rings (SSSR count). The van der Waals surface area contributed by atoms with E-state index in [9.17, 15) is 9.59 Å². The van der Waals surface area contributed by atoms with Gasteiger partial charge in [0.15, 0.2) is 0 Å². The normalized spacial score (nSPS) is 18.4. The number of nitrogens with one attached hydrogen (secondary N) is 1. The van der Waals surface area contributed by atoms with E-state index >= 15 is 0 Å². The molecule has 2 heterocycles. The minimum atomic E-state index is -1.13. The minimum Gasteiger partial charge on any atom is -0.350 e. The van der Waals surface area contributed by atoms with Crippen LogP contribution in [-0.2, 0) is 23.3 Å². The molecule has 0 fully saturated rings. The standard InChI is InChI=1S/C26H30N4O2/c1-18-11-9-10-14-20(18)30-23(31)21-15-22(25(2,3)4)28-29(21)17-26(30,5)24(32)27-16-19-12-7-6-8-13-19/h6-15H,16-17H2,1-5H3,(H,27,32). The van der Waals surface area contributed by atoms with E-state index in [0.717, 1.165) is 22.5 Å². The van der Waals surface area contributed by atoms with Crippen molar-refractivity contribution in [3.05, 3.63) is 83.2 Å². The number of para-hydroxylation sites is 1. The van der Waals surface area contributed by atoms with E-state index in [2.05, 4.69) is 26.1 Å². The van der Waals surface area contributed by atoms with Gasteiger partial charge >= 0.3 is 0 Å². The average Bonchev–Trinajstić information content (AvgIpc) is 3.18. The first kappa shape index (κ1) is 21.8. The lowest BCUT2D eigenvalue weighted by molar-refractivity contribution is -0.126. The Morgan fingerprint density at radius 3 is 2.41 bits per heavy atom. The van der Waals surface area contributed by atoms with E-state index in [1.54, 1.807) is 9.58 Å². The van der Waals surface area contributed by atoms with E-state index < -0.39 is 5.54 Å². The molecule has 166 valence electrons. The van der Waals surface area contributed by atoms with Gasteiger partial charge in [-0.3, -0.25) is 19.2 Å². The minimum absolute atomic E-state index is 0.204. The summed E-state index contributed by atoms with van der Waals surface area (Å²) in [6.07, 6.45) is 0. The first-order valence-corrected chi connectivity index (χ1v) is 10.9. The molecule has 1 N–H and O–H groups in total. The van der Waals surface area contributed by atoms with Crippen LogP contribution in [0.1, 0.15) is 55.0 Å². The fourth-order valence-electron chi connectivity index (χ4n) is 4.11. The molecule has 32 heavy (non-hydrogen) atoms. The molecule has 3 aromatic rings. The lowest BCUT2D eigenvalue weighted by atomic mass is 9.91. The predicted molar refractivity (Wildman–Crippen MR) is 126 cm³/mol. The van der Waals surface area contributed by atoms with Crippen LogP contribution in [0.2, 0.25) is 0 Å². The largest absolute Gasteiger partial charge is 0.350 e. The van der Waals surface area contributed by atoms with Crippen molar-refractivity contribution < 1.29 is 9.59 Å². The van der Waals surface area contributed by atoms with Gasteiger partial charge in [0.05, 0.1) is 12.2 Å². The van der Waals surface area contributed by atoms with Gasteiger partial charge < -0.3 is 5.32 Å². The maximum Gasteiger partial charge on any atom is 0.277 e. The lowest BCUT2D eigenvalue weighted by Crippen LogP contribution is -2.64. The van der Waals surface area contributed by atoms with E-state index in [1.165, 1.54) is 0 Å². The second-order valence-corrected chi connectivity index (χ2v) is 9.69. The molecule has 6 heteroatoms. The maximum atomic E-state index is 13.8. The van der Waals surface area contributed by atoms with Gasteiger partial charge in [-0.2, -0.15) is 5.10 Å². The summed E-state index contributed by atoms with van der Waals surface area (Å²) in [6, 6.07) is 19.3. The third-order valence-electron chi connectivity index (χ3n) is 6.06. The number of rotatable bonds is 4. The Morgan fingerprint density at radius 2 is 1.75 bits per heavy atom. The molecule has 0 saturated carbocycles. The summed E-state index contributed by atoms with van der Waals surface area (Å²) in [6.45, 7) is 10.6. The van der Waals surface area contributed by atoms with Crippen molar-refractivity contribution in [2.75, 3.05) is 4.90 Å². The highest BCUT2D eigenvalue weighted by molar-refractivity contribution is 6.12. The number of hydrogen-bond acceptors (Lipinski definition) is 3. The molecule has 6 nitrogen and oxygen atoms in total. The van der Waals surface area contributed by atoms with Crippen molar-refractivity contribution in [2.24, 2.45) is 0 Å². The number of carbonyl (C=O) groups is 2. The Labute approximate surface area is 189 Å². The zero-order chi connectivity index (χ0) is 23.1. The summed E-state index contributed by atoms with van der Waals surface area (Å²) < 4.78 is 1.69. The molecule has 0 aliphatic carbocycles. The summed E-state index contributed by atoms with van der Waals surface area (Å²) in [5.74, 6) is -0.428. The highest BCUT2D eigenvalue weighted by Gasteiger charge is 2.49. The quantitative estimate of drug-likeness (QED) is 0.674. The van der Waals surface area contributed by atoms with Crippen LogP contribution in [0.3, 0.4) is 0 Å². The molecule has 0 spiro atoms. The molecule has 0 bridgehead atoms. The monoisotopic (exact) mass is 430 g/mol. The van der Waals surface area contributed by atoms with Crippen LogP contribution in [0.25, 0.3) is 0 Å². The third kappa shape index (κ3) is 3.81. The van der Waals surface area contributed by atoms with E-state index in [4.69, 9.17) is 5.10 Å². The fourth-order valence-corrected chi connectivity index (χ4v) is 4.11. The predicted octanol–water partition coefficient (Wildman–Crippen LogP) is 4.22. The topological polar surface area (TPSA) is 67.2 Å². The number of carbonyl (C=O) groups excluding carboxylic acids is 2. The number of aromatic nitrogens is 2. The van der Waals surface area contributed by atoms with Crippen molar-refractivity contribution in [3.8, 4) is 0 Å². The SMILES string of the molecule is Cc1ccccc1N1C(=O)c2cc(C(C)(C)C)nn2CC1(C)C(=O)NCc1ccccc1. The van der Waals surface area contributed by atoms with Gasteiger partial charge in [-0.1, -0.05) is 69.3 Å². The fraction of sp³-hybridized carbons (Fsp3) is 0.346. The van der Waals surface area contributed by atoms with Crippen LogP contribution < -0.4 is 10.2 Å². The highest BCUT2D eigenvalue weighted by Crippen LogP contribution is 2.35. The Morgan fingerprint density at radius 1 is 1.09 bits per heavy atom. The van der Waals surface area contributed by atoms with Crippen molar-refractivity contribution in [1.82, 2.24) is 15.1 Å². The highest BCUT2D eigenvalue weighted by atomic mass is 16.2. The van der Waals surface area contributed by atoms with Crippen molar-refractivity contribution in [1.29, 1.82) is 0 Å². The number of amides is 2. The number of nitrogens with zero attached hydrogens (tertiary/aromatic N) is 3. The van der Waals surface area contributed by atoms with E-state index in [-0.39, 0.29) is 23.8 Å². The van der Waals surface area contributed by atoms with Gasteiger partial charge in [-0.15, -0.1) is 0 Å². The van der Waals surface area contributed by atoms with Crippen molar-refractivity contribution in [2.45, 2.75) is 58.7 Å². The molecule has 1 aliphatic rings. The summed E-state index contributed by atoms with van der Waals surface area (Å²) in [5.41, 5.74) is 2.68. The van der Waals surface area contributed by atoms with Crippen molar-refractivity contribution in [3.63, 3.8) is 0 Å². The number of fused-ring (bicyclic) bond motifs is 1. The number of aryl methyl sites for hydroxylation is 1. The van der Waals surface area contributed by atoms with Gasteiger partial charge in [0.25, 0.3) is 5.91 Å². The molecule has 2 amide bonds. The van der Waals surface area contributed by atoms with Crippen LogP contribution in [0.5, 0.6) is 0 Å². The van der Waals surface area contributed by atoms with Gasteiger partial charge in [0, 0.05) is 17.6 Å². The molecular formula is C26H30N4O2. The molecule has 1 atom stereocenters. The Kier molecular flexibility index (Phi) is 5.41. The second kappa shape index (κ2) is 7.93. The first-order chi connectivity index (χ1) is 15.1. The second-order valence-electron chi connectivity index (χ2n) is 9.69. The first-order valence-electron chi connectivity index (χ1n) is 10.9. The number of benzene rings is 2. The van der Waals surface area contributed by atoms with Gasteiger partial charge in [-0.25, -0.2) is 0 Å².